The third-order valence-electron chi connectivity index (χ3n) is 4.98. The van der Waals surface area contributed by atoms with Gasteiger partial charge in [-0.25, -0.2) is 9.97 Å². The summed E-state index contributed by atoms with van der Waals surface area (Å²) in [6.45, 7) is 8.09. The van der Waals surface area contributed by atoms with Gasteiger partial charge in [-0.3, -0.25) is 9.48 Å². The second-order valence-corrected chi connectivity index (χ2v) is 7.41. The van der Waals surface area contributed by atoms with Gasteiger partial charge in [0.2, 0.25) is 0 Å². The molecule has 2 heterocycles. The lowest BCUT2D eigenvalue weighted by Crippen LogP contribution is -2.02. The summed E-state index contributed by atoms with van der Waals surface area (Å²) < 4.78 is 7.62. The van der Waals surface area contributed by atoms with Crippen LogP contribution in [0.5, 0.6) is 5.75 Å². The smallest absolute Gasteiger partial charge is 0.163 e. The number of ketones is 1. The highest BCUT2D eigenvalue weighted by atomic mass is 16.5. The van der Waals surface area contributed by atoms with Crippen LogP contribution in [0.15, 0.2) is 55.0 Å². The molecule has 0 radical (unpaired) electrons. The normalized spacial score (nSPS) is 11.2. The first-order chi connectivity index (χ1) is 14.5. The molecule has 0 aliphatic rings. The predicted molar refractivity (Wildman–Crippen MR) is 118 cm³/mol. The number of benzene rings is 2. The third kappa shape index (κ3) is 3.56. The molecule has 0 aliphatic heterocycles. The number of ether oxygens (including phenoxy) is 1. The third-order valence-corrected chi connectivity index (χ3v) is 4.98. The fraction of sp³-hybridized carbons (Fsp3) is 0.250. The van der Waals surface area contributed by atoms with Crippen molar-refractivity contribution in [3.8, 4) is 28.3 Å². The van der Waals surface area contributed by atoms with Crippen LogP contribution in [0.4, 0.5) is 0 Å². The van der Waals surface area contributed by atoms with Crippen molar-refractivity contribution in [2.45, 2.75) is 33.7 Å². The Hall–Kier alpha value is -3.54. The van der Waals surface area contributed by atoms with Crippen LogP contribution in [0.3, 0.4) is 0 Å². The number of Topliss-reactive ketones (excluding diaryl/α,β-unsaturated/α-hetero) is 1. The van der Waals surface area contributed by atoms with E-state index in [0.717, 1.165) is 33.4 Å². The van der Waals surface area contributed by atoms with Gasteiger partial charge in [-0.05, 0) is 33.8 Å². The second kappa shape index (κ2) is 8.06. The molecule has 4 aromatic rings. The van der Waals surface area contributed by atoms with E-state index in [1.807, 2.05) is 60.3 Å². The molecule has 4 rings (SSSR count). The highest BCUT2D eigenvalue weighted by molar-refractivity contribution is 6.04. The van der Waals surface area contributed by atoms with Crippen LogP contribution in [0.1, 0.15) is 44.1 Å². The highest BCUT2D eigenvalue weighted by Crippen LogP contribution is 2.36. The van der Waals surface area contributed by atoms with Crippen molar-refractivity contribution in [1.29, 1.82) is 0 Å². The molecule has 0 amide bonds. The molecule has 0 fully saturated rings. The summed E-state index contributed by atoms with van der Waals surface area (Å²) in [5, 5.41) is 5.63. The van der Waals surface area contributed by atoms with Crippen molar-refractivity contribution >= 4 is 16.7 Å². The van der Waals surface area contributed by atoms with Crippen molar-refractivity contribution in [3.63, 3.8) is 0 Å². The molecular formula is C24H24N4O2. The summed E-state index contributed by atoms with van der Waals surface area (Å²) >= 11 is 0. The molecule has 0 N–H and O–H groups in total. The molecule has 152 valence electrons. The molecule has 0 saturated heterocycles. The molecule has 2 aromatic heterocycles. The number of nitrogens with zero attached hydrogens (tertiary/aromatic N) is 4. The van der Waals surface area contributed by atoms with E-state index >= 15 is 0 Å². The van der Waals surface area contributed by atoms with Crippen molar-refractivity contribution in [2.24, 2.45) is 0 Å². The van der Waals surface area contributed by atoms with E-state index in [9.17, 15) is 4.79 Å². The zero-order valence-corrected chi connectivity index (χ0v) is 17.6. The Balaban J connectivity index is 2.00. The molecule has 6 heteroatoms. The Labute approximate surface area is 175 Å². The summed E-state index contributed by atoms with van der Waals surface area (Å²) in [4.78, 5) is 21.3. The Bertz CT molecular complexity index is 1210. The number of hydrogen-bond donors (Lipinski definition) is 0. The van der Waals surface area contributed by atoms with Crippen molar-refractivity contribution in [1.82, 2.24) is 19.7 Å². The molecule has 0 unspecified atom stereocenters. The Morgan fingerprint density at radius 1 is 1.10 bits per heavy atom. The first-order valence-electron chi connectivity index (χ1n) is 10.1. The quantitative estimate of drug-likeness (QED) is 0.409. The molecule has 0 spiro atoms. The summed E-state index contributed by atoms with van der Waals surface area (Å²) in [5.41, 5.74) is 4.76. The molecular weight excluding hydrogens is 376 g/mol. The average Bonchev–Trinajstić information content (AvgIpc) is 3.19. The van der Waals surface area contributed by atoms with Gasteiger partial charge < -0.3 is 4.74 Å². The van der Waals surface area contributed by atoms with E-state index < -0.39 is 0 Å². The van der Waals surface area contributed by atoms with Gasteiger partial charge in [0, 0.05) is 34.8 Å². The minimum atomic E-state index is -0.0590. The number of rotatable bonds is 6. The van der Waals surface area contributed by atoms with Crippen LogP contribution in [-0.4, -0.2) is 32.1 Å². The Morgan fingerprint density at radius 2 is 1.87 bits per heavy atom. The topological polar surface area (TPSA) is 69.9 Å². The fourth-order valence-electron chi connectivity index (χ4n) is 3.49. The van der Waals surface area contributed by atoms with Gasteiger partial charge in [-0.15, -0.1) is 0 Å². The molecule has 0 saturated carbocycles. The summed E-state index contributed by atoms with van der Waals surface area (Å²) in [7, 11) is 0. The van der Waals surface area contributed by atoms with Crippen LogP contribution < -0.4 is 4.74 Å². The van der Waals surface area contributed by atoms with Crippen LogP contribution >= 0.6 is 0 Å². The van der Waals surface area contributed by atoms with Gasteiger partial charge in [0.1, 0.15) is 17.8 Å². The Kier molecular flexibility index (Phi) is 5.31. The van der Waals surface area contributed by atoms with Gasteiger partial charge in [0.25, 0.3) is 0 Å². The predicted octanol–water partition coefficient (Wildman–Crippen LogP) is 5.34. The van der Waals surface area contributed by atoms with Crippen LogP contribution in [0.2, 0.25) is 0 Å². The zero-order chi connectivity index (χ0) is 21.3. The summed E-state index contributed by atoms with van der Waals surface area (Å²) in [6.07, 6.45) is 3.56. The number of hydrogen-bond acceptors (Lipinski definition) is 5. The standard InChI is InChI=1S/C24H24N4O2/c1-5-30-22-12-21-19(11-18(22)16(4)29)24(26-14-25-21)20-13-28(15(2)3)27-23(20)17-9-7-6-8-10-17/h6-15H,5H2,1-4H3. The Morgan fingerprint density at radius 3 is 2.53 bits per heavy atom. The molecule has 0 atom stereocenters. The lowest BCUT2D eigenvalue weighted by Gasteiger charge is -2.11. The summed E-state index contributed by atoms with van der Waals surface area (Å²) in [5.74, 6) is 0.486. The van der Waals surface area contributed by atoms with Crippen LogP contribution in [0, 0.1) is 0 Å². The SMILES string of the molecule is CCOc1cc2ncnc(-c3cn(C(C)C)nc3-c3ccccc3)c2cc1C(C)=O. The number of aromatic nitrogens is 4. The monoisotopic (exact) mass is 400 g/mol. The average molecular weight is 400 g/mol. The number of fused-ring (bicyclic) bond motifs is 1. The van der Waals surface area contributed by atoms with Crippen molar-refractivity contribution < 1.29 is 9.53 Å². The molecule has 6 nitrogen and oxygen atoms in total. The minimum Gasteiger partial charge on any atom is -0.493 e. The fourth-order valence-corrected chi connectivity index (χ4v) is 3.49. The van der Waals surface area contributed by atoms with Crippen molar-refractivity contribution in [3.05, 3.63) is 60.6 Å². The van der Waals surface area contributed by atoms with Crippen molar-refractivity contribution in [2.75, 3.05) is 6.61 Å². The van der Waals surface area contributed by atoms with E-state index in [-0.39, 0.29) is 11.8 Å². The van der Waals surface area contributed by atoms with E-state index in [1.54, 1.807) is 13.3 Å². The van der Waals surface area contributed by atoms with Gasteiger partial charge in [0.15, 0.2) is 5.78 Å². The number of carbonyl (C=O) groups excluding carboxylic acids is 1. The van der Waals surface area contributed by atoms with E-state index in [2.05, 4.69) is 23.8 Å². The maximum Gasteiger partial charge on any atom is 0.163 e. The first kappa shape index (κ1) is 19.8. The van der Waals surface area contributed by atoms with Gasteiger partial charge in [-0.2, -0.15) is 5.10 Å². The molecule has 0 bridgehead atoms. The largest absolute Gasteiger partial charge is 0.493 e. The maximum atomic E-state index is 12.3. The zero-order valence-electron chi connectivity index (χ0n) is 17.6. The molecule has 2 aromatic carbocycles. The van der Waals surface area contributed by atoms with Crippen LogP contribution in [-0.2, 0) is 0 Å². The van der Waals surface area contributed by atoms with Gasteiger partial charge >= 0.3 is 0 Å². The second-order valence-electron chi connectivity index (χ2n) is 7.41. The van der Waals surface area contributed by atoms with Crippen LogP contribution in [0.25, 0.3) is 33.4 Å². The van der Waals surface area contributed by atoms with E-state index in [0.29, 0.717) is 17.9 Å². The summed E-state index contributed by atoms with van der Waals surface area (Å²) in [6, 6.07) is 13.9. The number of carbonyl (C=O) groups is 1. The molecule has 0 aliphatic carbocycles. The maximum absolute atomic E-state index is 12.3. The van der Waals surface area contributed by atoms with E-state index in [1.165, 1.54) is 0 Å². The molecule has 30 heavy (non-hydrogen) atoms. The van der Waals surface area contributed by atoms with Gasteiger partial charge in [0.05, 0.1) is 23.4 Å². The first-order valence-corrected chi connectivity index (χ1v) is 10.1. The van der Waals surface area contributed by atoms with E-state index in [4.69, 9.17) is 9.84 Å². The highest BCUT2D eigenvalue weighted by Gasteiger charge is 2.20. The van der Waals surface area contributed by atoms with Gasteiger partial charge in [-0.1, -0.05) is 30.3 Å². The lowest BCUT2D eigenvalue weighted by molar-refractivity contribution is 0.101. The minimum absolute atomic E-state index is 0.0590. The lowest BCUT2D eigenvalue weighted by atomic mass is 10.00.